The number of rotatable bonds is 3. The zero-order valence-corrected chi connectivity index (χ0v) is 14.0. The molecule has 0 atom stereocenters. The highest BCUT2D eigenvalue weighted by molar-refractivity contribution is 14.1. The summed E-state index contributed by atoms with van der Waals surface area (Å²) in [6, 6.07) is 13.3. The molecule has 0 saturated heterocycles. The number of halogens is 1. The van der Waals surface area contributed by atoms with Gasteiger partial charge in [0.15, 0.2) is 0 Å². The number of aryl methyl sites for hydroxylation is 1. The highest BCUT2D eigenvalue weighted by atomic mass is 127. The predicted molar refractivity (Wildman–Crippen MR) is 93.6 cm³/mol. The van der Waals surface area contributed by atoms with Crippen molar-refractivity contribution in [1.29, 1.82) is 0 Å². The molecule has 3 rings (SSSR count). The number of nitrogens with one attached hydrogen (secondary N) is 1. The lowest BCUT2D eigenvalue weighted by atomic mass is 10.1. The van der Waals surface area contributed by atoms with Gasteiger partial charge in [-0.2, -0.15) is 5.10 Å². The molecule has 6 heteroatoms. The van der Waals surface area contributed by atoms with Crippen LogP contribution in [0.15, 0.2) is 54.9 Å². The first-order valence-corrected chi connectivity index (χ1v) is 7.74. The number of para-hydroxylation sites is 1. The summed E-state index contributed by atoms with van der Waals surface area (Å²) in [6.45, 7) is 0. The van der Waals surface area contributed by atoms with Crippen LogP contribution in [0, 0.1) is 3.70 Å². The van der Waals surface area contributed by atoms with Crippen molar-refractivity contribution in [1.82, 2.24) is 14.8 Å². The Morgan fingerprint density at radius 2 is 1.95 bits per heavy atom. The molecule has 0 fully saturated rings. The van der Waals surface area contributed by atoms with Crippen molar-refractivity contribution in [2.75, 3.05) is 5.32 Å². The molecule has 110 valence electrons. The van der Waals surface area contributed by atoms with Crippen LogP contribution in [0.25, 0.3) is 11.3 Å². The molecule has 3 aromatic rings. The number of carbonyl (C=O) groups excluding carboxylic acids is 1. The highest BCUT2D eigenvalue weighted by Crippen LogP contribution is 2.26. The van der Waals surface area contributed by atoms with E-state index in [1.165, 1.54) is 0 Å². The summed E-state index contributed by atoms with van der Waals surface area (Å²) >= 11 is 2.05. The van der Waals surface area contributed by atoms with E-state index in [0.29, 0.717) is 9.26 Å². The fourth-order valence-electron chi connectivity index (χ4n) is 2.14. The maximum absolute atomic E-state index is 12.4. The van der Waals surface area contributed by atoms with E-state index < -0.39 is 0 Å². The second-order valence-electron chi connectivity index (χ2n) is 4.72. The number of nitrogens with zero attached hydrogens (tertiary/aromatic N) is 3. The fraction of sp³-hybridized carbons (Fsp3) is 0.0625. The van der Waals surface area contributed by atoms with Crippen LogP contribution in [-0.2, 0) is 7.05 Å². The van der Waals surface area contributed by atoms with Crippen molar-refractivity contribution < 1.29 is 4.79 Å². The van der Waals surface area contributed by atoms with Crippen LogP contribution < -0.4 is 5.32 Å². The second-order valence-corrected chi connectivity index (χ2v) is 5.74. The van der Waals surface area contributed by atoms with Crippen LogP contribution in [0.5, 0.6) is 0 Å². The summed E-state index contributed by atoms with van der Waals surface area (Å²) in [5.41, 5.74) is 2.99. The second kappa shape index (κ2) is 6.27. The van der Waals surface area contributed by atoms with Gasteiger partial charge >= 0.3 is 0 Å². The van der Waals surface area contributed by atoms with Crippen molar-refractivity contribution in [2.24, 2.45) is 7.05 Å². The minimum atomic E-state index is -0.180. The number of amides is 1. The Kier molecular flexibility index (Phi) is 4.19. The molecular weight excluding hydrogens is 391 g/mol. The van der Waals surface area contributed by atoms with E-state index in [1.807, 2.05) is 42.5 Å². The van der Waals surface area contributed by atoms with Crippen molar-refractivity contribution in [3.63, 3.8) is 0 Å². The molecule has 0 unspecified atom stereocenters. The number of aromatic nitrogens is 3. The zero-order chi connectivity index (χ0) is 15.5. The Balaban J connectivity index is 1.93. The molecule has 1 aromatic carbocycles. The number of hydrogen-bond donors (Lipinski definition) is 1. The minimum Gasteiger partial charge on any atom is -0.321 e. The third-order valence-electron chi connectivity index (χ3n) is 3.14. The molecule has 22 heavy (non-hydrogen) atoms. The maximum atomic E-state index is 12.4. The average Bonchev–Trinajstić information content (AvgIpc) is 2.87. The highest BCUT2D eigenvalue weighted by Gasteiger charge is 2.15. The Hall–Kier alpha value is -2.22. The van der Waals surface area contributed by atoms with Gasteiger partial charge in [-0.05, 0) is 40.8 Å². The summed E-state index contributed by atoms with van der Waals surface area (Å²) in [7, 11) is 1.79. The van der Waals surface area contributed by atoms with Crippen molar-refractivity contribution in [2.45, 2.75) is 0 Å². The summed E-state index contributed by atoms with van der Waals surface area (Å²) < 4.78 is 2.30. The van der Waals surface area contributed by atoms with Gasteiger partial charge in [0.2, 0.25) is 0 Å². The standard InChI is InChI=1S/C16H13IN4O/c1-21-10-12(15(17)20-21)16(22)19-14-8-3-2-6-11(14)13-7-4-5-9-18-13/h2-10H,1H3,(H,19,22). The van der Waals surface area contributed by atoms with Crippen molar-refractivity contribution in [3.05, 3.63) is 64.1 Å². The van der Waals surface area contributed by atoms with Crippen LogP contribution in [-0.4, -0.2) is 20.7 Å². The zero-order valence-electron chi connectivity index (χ0n) is 11.8. The van der Waals surface area contributed by atoms with Gasteiger partial charge in [0.25, 0.3) is 5.91 Å². The molecule has 0 spiro atoms. The van der Waals surface area contributed by atoms with Gasteiger partial charge in [-0.25, -0.2) is 0 Å². The first kappa shape index (κ1) is 14.7. The van der Waals surface area contributed by atoms with Crippen LogP contribution in [0.4, 0.5) is 5.69 Å². The van der Waals surface area contributed by atoms with Gasteiger partial charge in [0, 0.05) is 25.0 Å². The molecule has 0 aliphatic carbocycles. The summed E-state index contributed by atoms with van der Waals surface area (Å²) in [6.07, 6.45) is 3.44. The molecule has 1 amide bonds. The minimum absolute atomic E-state index is 0.180. The molecule has 0 aliphatic heterocycles. The Morgan fingerprint density at radius 3 is 2.64 bits per heavy atom. The van der Waals surface area contributed by atoms with Crippen molar-refractivity contribution in [3.8, 4) is 11.3 Å². The van der Waals surface area contributed by atoms with Gasteiger partial charge in [-0.1, -0.05) is 24.3 Å². The van der Waals surface area contributed by atoms with Crippen LogP contribution in [0.3, 0.4) is 0 Å². The van der Waals surface area contributed by atoms with Gasteiger partial charge in [-0.15, -0.1) is 0 Å². The quantitative estimate of drug-likeness (QED) is 0.682. The van der Waals surface area contributed by atoms with E-state index in [-0.39, 0.29) is 5.91 Å². The SMILES string of the molecule is Cn1cc(C(=O)Nc2ccccc2-c2ccccn2)c(I)n1. The first-order valence-electron chi connectivity index (χ1n) is 6.66. The predicted octanol–water partition coefficient (Wildman–Crippen LogP) is 3.34. The maximum Gasteiger partial charge on any atom is 0.259 e. The first-order chi connectivity index (χ1) is 10.6. The lowest BCUT2D eigenvalue weighted by Crippen LogP contribution is -2.13. The normalized spacial score (nSPS) is 10.5. The molecule has 2 aromatic heterocycles. The molecule has 5 nitrogen and oxygen atoms in total. The summed E-state index contributed by atoms with van der Waals surface area (Å²) in [4.78, 5) is 16.8. The van der Waals surface area contributed by atoms with E-state index >= 15 is 0 Å². The van der Waals surface area contributed by atoms with Crippen molar-refractivity contribution >= 4 is 34.2 Å². The number of hydrogen-bond acceptors (Lipinski definition) is 3. The van der Waals surface area contributed by atoms with E-state index in [1.54, 1.807) is 24.1 Å². The molecule has 0 bridgehead atoms. The lowest BCUT2D eigenvalue weighted by Gasteiger charge is -2.10. The van der Waals surface area contributed by atoms with Crippen LogP contribution in [0.2, 0.25) is 0 Å². The number of carbonyl (C=O) groups is 1. The average molecular weight is 404 g/mol. The molecule has 0 saturated carbocycles. The Morgan fingerprint density at radius 1 is 1.18 bits per heavy atom. The monoisotopic (exact) mass is 404 g/mol. The van der Waals surface area contributed by atoms with Gasteiger partial charge in [0.1, 0.15) is 3.70 Å². The third kappa shape index (κ3) is 3.01. The number of anilines is 1. The Labute approximate surface area is 141 Å². The Bertz CT molecular complexity index is 814. The van der Waals surface area contributed by atoms with E-state index in [0.717, 1.165) is 16.9 Å². The molecule has 1 N–H and O–H groups in total. The fourth-order valence-corrected chi connectivity index (χ4v) is 2.87. The lowest BCUT2D eigenvalue weighted by molar-refractivity contribution is 0.102. The van der Waals surface area contributed by atoms with Gasteiger partial charge in [0.05, 0.1) is 16.9 Å². The van der Waals surface area contributed by atoms with Gasteiger partial charge in [-0.3, -0.25) is 14.5 Å². The molecule has 0 aliphatic rings. The van der Waals surface area contributed by atoms with E-state index in [9.17, 15) is 4.79 Å². The number of benzene rings is 1. The third-order valence-corrected chi connectivity index (χ3v) is 3.94. The van der Waals surface area contributed by atoms with E-state index in [4.69, 9.17) is 0 Å². The van der Waals surface area contributed by atoms with E-state index in [2.05, 4.69) is 38.0 Å². The molecule has 0 radical (unpaired) electrons. The topological polar surface area (TPSA) is 59.8 Å². The largest absolute Gasteiger partial charge is 0.321 e. The number of pyridine rings is 1. The smallest absolute Gasteiger partial charge is 0.259 e. The summed E-state index contributed by atoms with van der Waals surface area (Å²) in [5.74, 6) is -0.180. The van der Waals surface area contributed by atoms with Crippen LogP contribution >= 0.6 is 22.6 Å². The van der Waals surface area contributed by atoms with Gasteiger partial charge < -0.3 is 5.32 Å². The van der Waals surface area contributed by atoms with Crippen LogP contribution in [0.1, 0.15) is 10.4 Å². The summed E-state index contributed by atoms with van der Waals surface area (Å²) in [5, 5.41) is 7.13. The molecule has 2 heterocycles. The molecular formula is C16H13IN4O.